The van der Waals surface area contributed by atoms with Gasteiger partial charge in [0.15, 0.2) is 11.5 Å². The minimum atomic E-state index is -2.88. The van der Waals surface area contributed by atoms with Crippen molar-refractivity contribution in [1.29, 1.82) is 0 Å². The molecule has 1 heterocycles. The summed E-state index contributed by atoms with van der Waals surface area (Å²) in [5.74, 6) is 1.49. The number of hydrogen-bond donors (Lipinski definition) is 2. The Bertz CT molecular complexity index is 1000. The SMILES string of the molecule is COc1ccc(C23CCC(NC(=O)Nc4ccc(OC(F)F)cc4)CC2N(C)CC3)cc1OC. The first-order valence-corrected chi connectivity index (χ1v) is 11.4. The van der Waals surface area contributed by atoms with E-state index in [9.17, 15) is 13.6 Å². The number of likely N-dealkylation sites (N-methyl/N-ethyl adjacent to an activating group) is 1. The molecular formula is C25H31F2N3O4. The van der Waals surface area contributed by atoms with Crippen molar-refractivity contribution in [3.63, 3.8) is 0 Å². The number of likely N-dealkylation sites (tertiary alicyclic amines) is 1. The fourth-order valence-corrected chi connectivity index (χ4v) is 5.47. The molecule has 1 aliphatic carbocycles. The lowest BCUT2D eigenvalue weighted by atomic mass is 9.65. The van der Waals surface area contributed by atoms with Gasteiger partial charge in [-0.2, -0.15) is 8.78 Å². The molecule has 0 aromatic heterocycles. The van der Waals surface area contributed by atoms with Crippen molar-refractivity contribution >= 4 is 11.7 Å². The lowest BCUT2D eigenvalue weighted by Gasteiger charge is -2.45. The molecule has 0 spiro atoms. The number of nitrogens with one attached hydrogen (secondary N) is 2. The predicted molar refractivity (Wildman–Crippen MR) is 125 cm³/mol. The number of hydrogen-bond acceptors (Lipinski definition) is 5. The van der Waals surface area contributed by atoms with E-state index >= 15 is 0 Å². The Morgan fingerprint density at radius 1 is 1.09 bits per heavy atom. The van der Waals surface area contributed by atoms with Crippen LogP contribution in [0, 0.1) is 0 Å². The van der Waals surface area contributed by atoms with E-state index in [1.165, 1.54) is 29.8 Å². The number of fused-ring (bicyclic) bond motifs is 1. The van der Waals surface area contributed by atoms with Gasteiger partial charge in [0.2, 0.25) is 0 Å². The van der Waals surface area contributed by atoms with E-state index in [2.05, 4.69) is 39.5 Å². The van der Waals surface area contributed by atoms with E-state index in [0.29, 0.717) is 11.4 Å². The number of rotatable bonds is 7. The van der Waals surface area contributed by atoms with Gasteiger partial charge in [-0.25, -0.2) is 4.79 Å². The number of anilines is 1. The molecule has 1 saturated carbocycles. The minimum Gasteiger partial charge on any atom is -0.493 e. The van der Waals surface area contributed by atoms with E-state index in [0.717, 1.165) is 38.0 Å². The van der Waals surface area contributed by atoms with Crippen LogP contribution in [0.5, 0.6) is 17.2 Å². The average molecular weight is 476 g/mol. The summed E-state index contributed by atoms with van der Waals surface area (Å²) in [6, 6.07) is 12.1. The first-order valence-electron chi connectivity index (χ1n) is 11.4. The number of halogens is 2. The van der Waals surface area contributed by atoms with Gasteiger partial charge in [0, 0.05) is 23.2 Å². The van der Waals surface area contributed by atoms with Crippen molar-refractivity contribution in [2.75, 3.05) is 33.1 Å². The zero-order valence-electron chi connectivity index (χ0n) is 19.6. The third-order valence-electron chi connectivity index (χ3n) is 7.16. The smallest absolute Gasteiger partial charge is 0.387 e. The number of amides is 2. The lowest BCUT2D eigenvalue weighted by Crippen LogP contribution is -2.52. The third kappa shape index (κ3) is 4.89. The fourth-order valence-electron chi connectivity index (χ4n) is 5.47. The molecule has 1 aliphatic heterocycles. The second-order valence-corrected chi connectivity index (χ2v) is 8.94. The van der Waals surface area contributed by atoms with Crippen LogP contribution in [0.4, 0.5) is 19.3 Å². The van der Waals surface area contributed by atoms with Crippen molar-refractivity contribution in [3.8, 4) is 17.2 Å². The van der Waals surface area contributed by atoms with Gasteiger partial charge in [-0.05, 0) is 81.2 Å². The van der Waals surface area contributed by atoms with Crippen molar-refractivity contribution in [3.05, 3.63) is 48.0 Å². The highest BCUT2D eigenvalue weighted by molar-refractivity contribution is 5.89. The number of ether oxygens (including phenoxy) is 3. The zero-order chi connectivity index (χ0) is 24.3. The Kier molecular flexibility index (Phi) is 7.11. The Morgan fingerprint density at radius 2 is 1.82 bits per heavy atom. The number of urea groups is 1. The third-order valence-corrected chi connectivity index (χ3v) is 7.16. The zero-order valence-corrected chi connectivity index (χ0v) is 19.6. The highest BCUT2D eigenvalue weighted by Gasteiger charge is 2.50. The van der Waals surface area contributed by atoms with Gasteiger partial charge >= 0.3 is 12.6 Å². The maximum Gasteiger partial charge on any atom is 0.387 e. The molecule has 7 nitrogen and oxygen atoms in total. The number of carbonyl (C=O) groups excluding carboxylic acids is 1. The number of benzene rings is 2. The molecule has 2 aliphatic rings. The summed E-state index contributed by atoms with van der Waals surface area (Å²) in [7, 11) is 5.42. The summed E-state index contributed by atoms with van der Waals surface area (Å²) >= 11 is 0. The monoisotopic (exact) mass is 475 g/mol. The number of alkyl halides is 2. The number of carbonyl (C=O) groups is 1. The van der Waals surface area contributed by atoms with Crippen LogP contribution >= 0.6 is 0 Å². The molecule has 9 heteroatoms. The molecule has 0 radical (unpaired) electrons. The molecule has 3 atom stereocenters. The molecule has 2 aromatic rings. The second kappa shape index (κ2) is 10.0. The topological polar surface area (TPSA) is 72.1 Å². The molecule has 1 saturated heterocycles. The van der Waals surface area contributed by atoms with Gasteiger partial charge < -0.3 is 29.7 Å². The van der Waals surface area contributed by atoms with Crippen molar-refractivity contribution in [1.82, 2.24) is 10.2 Å². The summed E-state index contributed by atoms with van der Waals surface area (Å²) in [4.78, 5) is 15.0. The fraction of sp³-hybridized carbons (Fsp3) is 0.480. The normalized spacial score (nSPS) is 24.4. The number of methoxy groups -OCH3 is 2. The van der Waals surface area contributed by atoms with Gasteiger partial charge in [0.1, 0.15) is 5.75 Å². The Morgan fingerprint density at radius 3 is 2.50 bits per heavy atom. The van der Waals surface area contributed by atoms with Gasteiger partial charge in [-0.15, -0.1) is 0 Å². The second-order valence-electron chi connectivity index (χ2n) is 8.94. The van der Waals surface area contributed by atoms with E-state index in [4.69, 9.17) is 9.47 Å². The average Bonchev–Trinajstić information content (AvgIpc) is 3.16. The molecule has 2 amide bonds. The maximum absolute atomic E-state index is 12.6. The van der Waals surface area contributed by atoms with E-state index < -0.39 is 6.61 Å². The van der Waals surface area contributed by atoms with E-state index in [1.54, 1.807) is 14.2 Å². The van der Waals surface area contributed by atoms with Crippen molar-refractivity contribution in [2.24, 2.45) is 0 Å². The molecule has 4 rings (SSSR count). The van der Waals surface area contributed by atoms with E-state index in [-0.39, 0.29) is 29.3 Å². The van der Waals surface area contributed by atoms with Crippen LogP contribution in [-0.4, -0.2) is 57.4 Å². The minimum absolute atomic E-state index is 0.00346. The maximum atomic E-state index is 12.6. The Hall–Kier alpha value is -3.07. The van der Waals surface area contributed by atoms with Crippen LogP contribution in [0.2, 0.25) is 0 Å². The van der Waals surface area contributed by atoms with Gasteiger partial charge in [-0.1, -0.05) is 6.07 Å². The molecule has 34 heavy (non-hydrogen) atoms. The summed E-state index contributed by atoms with van der Waals surface area (Å²) in [5.41, 5.74) is 1.75. The summed E-state index contributed by atoms with van der Waals surface area (Å²) in [6.07, 6.45) is 3.68. The molecule has 3 unspecified atom stereocenters. The molecule has 2 fully saturated rings. The highest BCUT2D eigenvalue weighted by Crippen LogP contribution is 2.49. The van der Waals surface area contributed by atoms with Crippen LogP contribution in [-0.2, 0) is 5.41 Å². The molecule has 0 bridgehead atoms. The quantitative estimate of drug-likeness (QED) is 0.612. The highest BCUT2D eigenvalue weighted by atomic mass is 19.3. The van der Waals surface area contributed by atoms with Crippen LogP contribution in [0.25, 0.3) is 0 Å². The van der Waals surface area contributed by atoms with Crippen LogP contribution in [0.1, 0.15) is 31.2 Å². The molecule has 2 aromatic carbocycles. The first-order chi connectivity index (χ1) is 16.3. The van der Waals surface area contributed by atoms with Gasteiger partial charge in [0.25, 0.3) is 0 Å². The Balaban J connectivity index is 1.41. The Labute approximate surface area is 198 Å². The summed E-state index contributed by atoms with van der Waals surface area (Å²) in [5, 5.41) is 5.86. The first kappa shape index (κ1) is 24.1. The van der Waals surface area contributed by atoms with Crippen LogP contribution in [0.3, 0.4) is 0 Å². The standard InChI is InChI=1S/C25H31F2N3O4/c1-30-13-12-25(16-4-9-20(32-2)21(14-16)33-3)11-10-18(15-22(25)30)29-24(31)28-17-5-7-19(8-6-17)34-23(26)27/h4-9,14,18,22-23H,10-13,15H2,1-3H3,(H2,28,29,31). The van der Waals surface area contributed by atoms with Gasteiger partial charge in [-0.3, -0.25) is 0 Å². The molecule has 2 N–H and O–H groups in total. The summed E-state index contributed by atoms with van der Waals surface area (Å²) in [6.45, 7) is -1.89. The van der Waals surface area contributed by atoms with Crippen molar-refractivity contribution in [2.45, 2.75) is 49.8 Å². The largest absolute Gasteiger partial charge is 0.493 e. The predicted octanol–water partition coefficient (Wildman–Crippen LogP) is 4.62. The van der Waals surface area contributed by atoms with Crippen LogP contribution in [0.15, 0.2) is 42.5 Å². The lowest BCUT2D eigenvalue weighted by molar-refractivity contribution is -0.0498. The van der Waals surface area contributed by atoms with Crippen LogP contribution < -0.4 is 24.8 Å². The summed E-state index contributed by atoms with van der Waals surface area (Å²) < 4.78 is 39.9. The van der Waals surface area contributed by atoms with Crippen molar-refractivity contribution < 1.29 is 27.8 Å². The van der Waals surface area contributed by atoms with Gasteiger partial charge in [0.05, 0.1) is 14.2 Å². The number of nitrogens with zero attached hydrogens (tertiary/aromatic N) is 1. The molecule has 184 valence electrons. The molecular weight excluding hydrogens is 444 g/mol. The van der Waals surface area contributed by atoms with E-state index in [1.807, 2.05) is 6.07 Å².